The summed E-state index contributed by atoms with van der Waals surface area (Å²) in [4.78, 5) is 18.3. The van der Waals surface area contributed by atoms with E-state index in [1.165, 1.54) is 12.1 Å². The van der Waals surface area contributed by atoms with Gasteiger partial charge in [-0.05, 0) is 80.1 Å². The van der Waals surface area contributed by atoms with Crippen LogP contribution < -0.4 is 19.3 Å². The molecule has 1 amide bonds. The highest BCUT2D eigenvalue weighted by Gasteiger charge is 2.41. The summed E-state index contributed by atoms with van der Waals surface area (Å²) in [6.45, 7) is 4.74. The molecule has 1 heterocycles. The molecule has 0 spiro atoms. The van der Waals surface area contributed by atoms with Gasteiger partial charge in [0.05, 0.1) is 32.8 Å². The molecule has 0 fully saturated rings. The molecule has 1 aliphatic heterocycles. The third-order valence-corrected chi connectivity index (χ3v) is 9.97. The normalized spacial score (nSPS) is 14.6. The van der Waals surface area contributed by atoms with Crippen LogP contribution in [0.5, 0.6) is 5.75 Å². The number of nitrogens with zero attached hydrogens (tertiary/aromatic N) is 2. The summed E-state index contributed by atoms with van der Waals surface area (Å²) in [7, 11) is -4.06. The van der Waals surface area contributed by atoms with E-state index in [4.69, 9.17) is 27.9 Å². The predicted octanol–water partition coefficient (Wildman–Crippen LogP) is 8.87. The number of benzene rings is 5. The maximum absolute atomic E-state index is 14.6. The van der Waals surface area contributed by atoms with Crippen molar-refractivity contribution in [2.75, 3.05) is 21.1 Å². The lowest BCUT2D eigenvalue weighted by molar-refractivity contribution is 0.0968. The van der Waals surface area contributed by atoms with E-state index in [9.17, 15) is 13.2 Å². The van der Waals surface area contributed by atoms with Crippen LogP contribution in [0, 0.1) is 6.92 Å². The van der Waals surface area contributed by atoms with Gasteiger partial charge in [-0.2, -0.15) is 0 Å². The zero-order chi connectivity index (χ0) is 32.4. The van der Waals surface area contributed by atoms with Gasteiger partial charge in [0.15, 0.2) is 0 Å². The van der Waals surface area contributed by atoms with Crippen molar-refractivity contribution < 1.29 is 17.9 Å². The van der Waals surface area contributed by atoms with E-state index >= 15 is 0 Å². The molecule has 10 heteroatoms. The number of halogens is 2. The molecule has 0 unspecified atom stereocenters. The number of aryl methyl sites for hydroxylation is 1. The van der Waals surface area contributed by atoms with Crippen LogP contribution in [0.2, 0.25) is 10.0 Å². The molecule has 0 saturated heterocycles. The van der Waals surface area contributed by atoms with E-state index in [1.54, 1.807) is 47.4 Å². The van der Waals surface area contributed by atoms with E-state index in [0.717, 1.165) is 11.1 Å². The first-order valence-electron chi connectivity index (χ1n) is 14.7. The standard InChI is InChI=1S/C36H31Cl2N3O4S/c1-3-45-28-18-14-26(15-19-28)39-46(43,44)29-20-21-33-31(22-29)36(42)41(27-16-12-24(2)13-17-27)35(30-10-7-11-32(37)34(30)38)40(33)23-25-8-5-4-6-9-25/h4-22,35,39H,3,23H2,1-2H3/t35-/m1/s1. The highest BCUT2D eigenvalue weighted by Crippen LogP contribution is 2.45. The summed E-state index contributed by atoms with van der Waals surface area (Å²) in [5, 5.41) is 0.696. The summed E-state index contributed by atoms with van der Waals surface area (Å²) >= 11 is 13.4. The SMILES string of the molecule is CCOc1ccc(NS(=O)(=O)c2ccc3c(c2)C(=O)N(c2ccc(C)cc2)[C@H](c2cccc(Cl)c2Cl)N3Cc2ccccc2)cc1. The first-order chi connectivity index (χ1) is 22.2. The number of anilines is 3. The number of amides is 1. The number of hydrogen-bond acceptors (Lipinski definition) is 5. The van der Waals surface area contributed by atoms with Crippen LogP contribution in [0.15, 0.2) is 120 Å². The molecule has 0 radical (unpaired) electrons. The summed E-state index contributed by atoms with van der Waals surface area (Å²) in [6.07, 6.45) is -0.696. The van der Waals surface area contributed by atoms with Gasteiger partial charge < -0.3 is 9.64 Å². The monoisotopic (exact) mass is 671 g/mol. The molecule has 1 N–H and O–H groups in total. The molecule has 0 bridgehead atoms. The number of ether oxygens (including phenoxy) is 1. The summed E-state index contributed by atoms with van der Waals surface area (Å²) in [5.74, 6) is 0.260. The quantitative estimate of drug-likeness (QED) is 0.169. The van der Waals surface area contributed by atoms with Crippen LogP contribution in [0.3, 0.4) is 0 Å². The van der Waals surface area contributed by atoms with Crippen molar-refractivity contribution >= 4 is 56.2 Å². The molecule has 1 aliphatic rings. The Bertz CT molecular complexity index is 1990. The van der Waals surface area contributed by atoms with Crippen molar-refractivity contribution in [2.24, 2.45) is 0 Å². The molecular weight excluding hydrogens is 641 g/mol. The summed E-state index contributed by atoms with van der Waals surface area (Å²) in [5.41, 5.74) is 4.46. The van der Waals surface area contributed by atoms with Gasteiger partial charge in [0.1, 0.15) is 11.9 Å². The second-order valence-corrected chi connectivity index (χ2v) is 13.4. The Balaban J connectivity index is 1.50. The molecule has 7 nitrogen and oxygen atoms in total. The average molecular weight is 673 g/mol. The van der Waals surface area contributed by atoms with E-state index in [-0.39, 0.29) is 16.4 Å². The Morgan fingerprint density at radius 1 is 0.848 bits per heavy atom. The second-order valence-electron chi connectivity index (χ2n) is 10.9. The number of sulfonamides is 1. The molecule has 6 rings (SSSR count). The third-order valence-electron chi connectivity index (χ3n) is 7.76. The number of rotatable bonds is 9. The number of fused-ring (bicyclic) bond motifs is 1. The van der Waals surface area contributed by atoms with Crippen molar-refractivity contribution in [3.63, 3.8) is 0 Å². The molecule has 5 aromatic rings. The zero-order valence-corrected chi connectivity index (χ0v) is 27.5. The lowest BCUT2D eigenvalue weighted by Gasteiger charge is -2.46. The highest BCUT2D eigenvalue weighted by molar-refractivity contribution is 7.92. The average Bonchev–Trinajstić information content (AvgIpc) is 3.05. The topological polar surface area (TPSA) is 78.9 Å². The Labute approximate surface area is 279 Å². The minimum Gasteiger partial charge on any atom is -0.494 e. The molecule has 234 valence electrons. The Morgan fingerprint density at radius 2 is 1.57 bits per heavy atom. The van der Waals surface area contributed by atoms with Crippen LogP contribution in [0.25, 0.3) is 0 Å². The fourth-order valence-corrected chi connectivity index (χ4v) is 7.05. The van der Waals surface area contributed by atoms with Crippen molar-refractivity contribution in [1.29, 1.82) is 0 Å². The minimum absolute atomic E-state index is 0.0451. The lowest BCUT2D eigenvalue weighted by Crippen LogP contribution is -2.49. The number of carbonyl (C=O) groups is 1. The van der Waals surface area contributed by atoms with Crippen LogP contribution in [-0.2, 0) is 16.6 Å². The van der Waals surface area contributed by atoms with Gasteiger partial charge >= 0.3 is 0 Å². The maximum atomic E-state index is 14.6. The molecule has 0 saturated carbocycles. The van der Waals surface area contributed by atoms with Crippen LogP contribution in [0.1, 0.15) is 40.1 Å². The van der Waals surface area contributed by atoms with Crippen molar-refractivity contribution in [3.05, 3.63) is 148 Å². The van der Waals surface area contributed by atoms with Gasteiger partial charge in [-0.15, -0.1) is 0 Å². The minimum atomic E-state index is -4.06. The first-order valence-corrected chi connectivity index (χ1v) is 16.9. The molecule has 0 aromatic heterocycles. The van der Waals surface area contributed by atoms with Gasteiger partial charge in [0.25, 0.3) is 15.9 Å². The number of carbonyl (C=O) groups excluding carboxylic acids is 1. The van der Waals surface area contributed by atoms with Gasteiger partial charge in [-0.1, -0.05) is 83.4 Å². The second kappa shape index (κ2) is 13.1. The van der Waals surface area contributed by atoms with Crippen molar-refractivity contribution in [3.8, 4) is 5.75 Å². The summed E-state index contributed by atoms with van der Waals surface area (Å²) < 4.78 is 35.3. The highest BCUT2D eigenvalue weighted by atomic mass is 35.5. The smallest absolute Gasteiger partial charge is 0.262 e. The first kappa shape index (κ1) is 31.5. The van der Waals surface area contributed by atoms with E-state index in [2.05, 4.69) is 9.62 Å². The Hall–Kier alpha value is -4.50. The van der Waals surface area contributed by atoms with E-state index in [1.807, 2.05) is 74.5 Å². The molecule has 0 aliphatic carbocycles. The number of hydrogen-bond donors (Lipinski definition) is 1. The van der Waals surface area contributed by atoms with Crippen LogP contribution >= 0.6 is 23.2 Å². The Kier molecular flexibility index (Phi) is 8.95. The predicted molar refractivity (Wildman–Crippen MR) is 185 cm³/mol. The van der Waals surface area contributed by atoms with Crippen molar-refractivity contribution in [1.82, 2.24) is 0 Å². The third kappa shape index (κ3) is 6.29. The lowest BCUT2D eigenvalue weighted by atomic mass is 9.98. The molecule has 5 aromatic carbocycles. The fourth-order valence-electron chi connectivity index (χ4n) is 5.56. The summed E-state index contributed by atoms with van der Waals surface area (Å²) in [6, 6.07) is 34.1. The number of nitrogens with one attached hydrogen (secondary N) is 1. The van der Waals surface area contributed by atoms with Crippen LogP contribution in [-0.4, -0.2) is 20.9 Å². The van der Waals surface area contributed by atoms with E-state index in [0.29, 0.717) is 51.6 Å². The van der Waals surface area contributed by atoms with E-state index < -0.39 is 16.2 Å². The maximum Gasteiger partial charge on any atom is 0.262 e. The van der Waals surface area contributed by atoms with Gasteiger partial charge in [0.2, 0.25) is 0 Å². The molecule has 1 atom stereocenters. The van der Waals surface area contributed by atoms with Crippen LogP contribution in [0.4, 0.5) is 17.1 Å². The van der Waals surface area contributed by atoms with Gasteiger partial charge in [-0.25, -0.2) is 8.42 Å². The fraction of sp³-hybridized carbons (Fsp3) is 0.139. The van der Waals surface area contributed by atoms with Gasteiger partial charge in [-0.3, -0.25) is 14.4 Å². The Morgan fingerprint density at radius 3 is 2.26 bits per heavy atom. The van der Waals surface area contributed by atoms with Gasteiger partial charge in [0, 0.05) is 23.5 Å². The largest absolute Gasteiger partial charge is 0.494 e. The van der Waals surface area contributed by atoms with Crippen molar-refractivity contribution in [2.45, 2.75) is 31.5 Å². The zero-order valence-electron chi connectivity index (χ0n) is 25.2. The molecule has 46 heavy (non-hydrogen) atoms. The molecular formula is C36H31Cl2N3O4S.